The fraction of sp³-hybridized carbons (Fsp3) is 0.919. The van der Waals surface area contributed by atoms with Gasteiger partial charge in [0, 0.05) is 19.3 Å². The van der Waals surface area contributed by atoms with Crippen molar-refractivity contribution >= 4 is 25.7 Å². The first-order valence-electron chi connectivity index (χ1n) is 31.6. The monoisotopic (exact) mass is 1070 g/mol. The van der Waals surface area contributed by atoms with Crippen LogP contribution < -0.4 is 0 Å². The molecule has 0 fully saturated rings. The molecule has 0 saturated heterocycles. The van der Waals surface area contributed by atoms with Crippen molar-refractivity contribution in [1.82, 2.24) is 0 Å². The minimum atomic E-state index is -4.74. The number of aliphatic hydroxyl groups is 1. The molecule has 0 spiro atoms. The van der Waals surface area contributed by atoms with Crippen molar-refractivity contribution in [1.29, 1.82) is 0 Å². The lowest BCUT2D eigenvalue weighted by Crippen LogP contribution is -2.30. The van der Waals surface area contributed by atoms with E-state index in [2.05, 4.69) is 32.9 Å². The topological polar surface area (TPSA) is 155 Å². The molecule has 0 aromatic carbocycles. The van der Waals surface area contributed by atoms with Crippen molar-refractivity contribution in [2.45, 2.75) is 341 Å². The molecule has 11 nitrogen and oxygen atoms in total. The van der Waals surface area contributed by atoms with Crippen molar-refractivity contribution in [2.24, 2.45) is 0 Å². The molecule has 74 heavy (non-hydrogen) atoms. The Balaban J connectivity index is 4.51. The third-order valence-electron chi connectivity index (χ3n) is 14.2. The molecule has 0 radical (unpaired) electrons. The number of carbonyl (C=O) groups excluding carboxylic acids is 3. The minimum absolute atomic E-state index is 0.172. The summed E-state index contributed by atoms with van der Waals surface area (Å²) >= 11 is 0. The van der Waals surface area contributed by atoms with Crippen molar-refractivity contribution in [3.8, 4) is 0 Å². The summed E-state index contributed by atoms with van der Waals surface area (Å²) in [6.45, 7) is 4.70. The zero-order chi connectivity index (χ0) is 54.1. The van der Waals surface area contributed by atoms with Crippen LogP contribution in [0.25, 0.3) is 0 Å². The van der Waals surface area contributed by atoms with Gasteiger partial charge >= 0.3 is 25.7 Å². The Morgan fingerprint density at radius 3 is 0.932 bits per heavy atom. The van der Waals surface area contributed by atoms with E-state index >= 15 is 0 Å². The molecule has 0 heterocycles. The van der Waals surface area contributed by atoms with E-state index < -0.39 is 57.8 Å². The summed E-state index contributed by atoms with van der Waals surface area (Å²) in [6, 6.07) is 0. The van der Waals surface area contributed by atoms with Gasteiger partial charge in [-0.25, -0.2) is 4.57 Å². The zero-order valence-electron chi connectivity index (χ0n) is 48.6. The first-order chi connectivity index (χ1) is 36.2. The molecule has 0 amide bonds. The summed E-state index contributed by atoms with van der Waals surface area (Å²) < 4.78 is 39.6. The Bertz CT molecular complexity index is 1290. The van der Waals surface area contributed by atoms with E-state index in [0.29, 0.717) is 19.3 Å². The third kappa shape index (κ3) is 55.0. The van der Waals surface area contributed by atoms with E-state index in [-0.39, 0.29) is 25.9 Å². The highest BCUT2D eigenvalue weighted by Crippen LogP contribution is 2.43. The van der Waals surface area contributed by atoms with Gasteiger partial charge in [0.15, 0.2) is 6.10 Å². The number of rotatable bonds is 60. The van der Waals surface area contributed by atoms with Crippen LogP contribution in [0.3, 0.4) is 0 Å². The smallest absolute Gasteiger partial charge is 0.462 e. The maximum atomic E-state index is 12.9. The Labute approximate surface area is 456 Å². The Kier molecular flexibility index (Phi) is 56.0. The van der Waals surface area contributed by atoms with Crippen molar-refractivity contribution in [3.63, 3.8) is 0 Å². The van der Waals surface area contributed by atoms with Gasteiger partial charge in [-0.3, -0.25) is 23.4 Å². The molecule has 0 aromatic heterocycles. The van der Waals surface area contributed by atoms with Crippen LogP contribution in [0.5, 0.6) is 0 Å². The van der Waals surface area contributed by atoms with E-state index in [1.54, 1.807) is 0 Å². The predicted molar refractivity (Wildman–Crippen MR) is 307 cm³/mol. The lowest BCUT2D eigenvalue weighted by Gasteiger charge is -2.21. The van der Waals surface area contributed by atoms with Gasteiger partial charge in [0.1, 0.15) is 12.7 Å². The summed E-state index contributed by atoms with van der Waals surface area (Å²) in [5, 5.41) is 9.84. The average Bonchev–Trinajstić information content (AvgIpc) is 3.39. The molecule has 12 heteroatoms. The van der Waals surface area contributed by atoms with Crippen LogP contribution in [-0.2, 0) is 42.2 Å². The summed E-state index contributed by atoms with van der Waals surface area (Å²) in [7, 11) is -4.74. The Morgan fingerprint density at radius 1 is 0.365 bits per heavy atom. The highest BCUT2D eigenvalue weighted by Gasteiger charge is 2.28. The van der Waals surface area contributed by atoms with E-state index in [0.717, 1.165) is 57.8 Å². The number of esters is 3. The summed E-state index contributed by atoms with van der Waals surface area (Å²) in [4.78, 5) is 48.5. The van der Waals surface area contributed by atoms with Gasteiger partial charge in [-0.2, -0.15) is 0 Å². The Hall–Kier alpha value is -1.78. The molecule has 3 unspecified atom stereocenters. The fourth-order valence-corrected chi connectivity index (χ4v) is 10.1. The van der Waals surface area contributed by atoms with Crippen molar-refractivity contribution in [3.05, 3.63) is 12.2 Å². The van der Waals surface area contributed by atoms with Gasteiger partial charge in [-0.15, -0.1) is 0 Å². The number of hydrogen-bond donors (Lipinski definition) is 2. The number of phosphoric acid groups is 1. The standard InChI is InChI=1S/C62H119O11P/c1-4-7-10-13-16-19-21-23-25-27-29-31-33-35-37-40-43-46-49-52-61(65)72-58(54-63)56-70-74(67,68)71-57-59(55-69-60(64)51-48-45-42-39-18-15-12-9-6-3)73-62(66)53-50-47-44-41-38-36-34-32-30-28-26-24-22-20-17-14-11-8-5-2/h24,26,58-59,63H,4-23,25,27-57H2,1-3H3,(H,67,68)/b26-24-. The number of phosphoric ester groups is 1. The van der Waals surface area contributed by atoms with Crippen LogP contribution in [0.4, 0.5) is 0 Å². The van der Waals surface area contributed by atoms with E-state index in [9.17, 15) is 28.9 Å². The molecular formula is C62H119O11P. The summed E-state index contributed by atoms with van der Waals surface area (Å²) in [5.74, 6) is -1.44. The number of unbranched alkanes of at least 4 members (excludes halogenated alkanes) is 41. The molecular weight excluding hydrogens is 952 g/mol. The lowest BCUT2D eigenvalue weighted by molar-refractivity contribution is -0.161. The molecule has 0 aromatic rings. The molecule has 0 saturated carbocycles. The number of aliphatic hydroxyl groups excluding tert-OH is 1. The number of ether oxygens (including phenoxy) is 3. The van der Waals surface area contributed by atoms with Crippen LogP contribution >= 0.6 is 7.82 Å². The fourth-order valence-electron chi connectivity index (χ4n) is 9.35. The van der Waals surface area contributed by atoms with E-state index in [4.69, 9.17) is 23.3 Å². The highest BCUT2D eigenvalue weighted by molar-refractivity contribution is 7.47. The van der Waals surface area contributed by atoms with Gasteiger partial charge in [0.25, 0.3) is 0 Å². The van der Waals surface area contributed by atoms with E-state index in [1.165, 1.54) is 212 Å². The average molecular weight is 1070 g/mol. The number of allylic oxidation sites excluding steroid dienone is 2. The maximum absolute atomic E-state index is 12.9. The number of carbonyl (C=O) groups is 3. The van der Waals surface area contributed by atoms with Gasteiger partial charge in [0.2, 0.25) is 0 Å². The second-order valence-corrected chi connectivity index (χ2v) is 23.0. The normalized spacial score (nSPS) is 13.3. The highest BCUT2D eigenvalue weighted by atomic mass is 31.2. The largest absolute Gasteiger partial charge is 0.472 e. The molecule has 0 rings (SSSR count). The first-order valence-corrected chi connectivity index (χ1v) is 33.1. The van der Waals surface area contributed by atoms with Gasteiger partial charge in [-0.05, 0) is 44.9 Å². The van der Waals surface area contributed by atoms with Crippen molar-refractivity contribution < 1.29 is 52.2 Å². The quantitative estimate of drug-likeness (QED) is 0.0197. The van der Waals surface area contributed by atoms with Gasteiger partial charge in [-0.1, -0.05) is 277 Å². The first kappa shape index (κ1) is 72.2. The summed E-state index contributed by atoms with van der Waals surface area (Å²) in [5.41, 5.74) is 0. The Morgan fingerprint density at radius 2 is 0.622 bits per heavy atom. The number of hydrogen-bond acceptors (Lipinski definition) is 10. The second kappa shape index (κ2) is 57.4. The van der Waals surface area contributed by atoms with Crippen molar-refractivity contribution in [2.75, 3.05) is 26.4 Å². The van der Waals surface area contributed by atoms with Crippen LogP contribution in [0.2, 0.25) is 0 Å². The van der Waals surface area contributed by atoms with Gasteiger partial charge < -0.3 is 24.2 Å². The predicted octanol–water partition coefficient (Wildman–Crippen LogP) is 18.8. The molecule has 0 aliphatic rings. The molecule has 0 bridgehead atoms. The van der Waals surface area contributed by atoms with Gasteiger partial charge in [0.05, 0.1) is 19.8 Å². The zero-order valence-corrected chi connectivity index (χ0v) is 49.5. The van der Waals surface area contributed by atoms with Crippen LogP contribution in [0, 0.1) is 0 Å². The lowest BCUT2D eigenvalue weighted by atomic mass is 10.0. The minimum Gasteiger partial charge on any atom is -0.462 e. The SMILES string of the molecule is CCCCCCCC/C=C\CCCCCCCCCCCC(=O)OC(COC(=O)CCCCCCCCCCC)COP(=O)(O)OCC(CO)OC(=O)CCCCCCCCCCCCCCCCCCCCC. The van der Waals surface area contributed by atoms with Crippen LogP contribution in [-0.4, -0.2) is 66.5 Å². The molecule has 0 aliphatic heterocycles. The van der Waals surface area contributed by atoms with Crippen LogP contribution in [0.15, 0.2) is 12.2 Å². The second-order valence-electron chi connectivity index (χ2n) is 21.6. The third-order valence-corrected chi connectivity index (χ3v) is 15.1. The van der Waals surface area contributed by atoms with E-state index in [1.807, 2.05) is 0 Å². The molecule has 2 N–H and O–H groups in total. The summed E-state index contributed by atoms with van der Waals surface area (Å²) in [6.07, 6.45) is 57.5. The maximum Gasteiger partial charge on any atom is 0.472 e. The van der Waals surface area contributed by atoms with Crippen LogP contribution in [0.1, 0.15) is 329 Å². The molecule has 438 valence electrons. The molecule has 3 atom stereocenters. The molecule has 0 aliphatic carbocycles.